The zero-order valence-corrected chi connectivity index (χ0v) is 16.3. The smallest absolute Gasteiger partial charge is 0.375 e. The molecule has 0 saturated carbocycles. The van der Waals surface area contributed by atoms with Gasteiger partial charge in [0.1, 0.15) is 0 Å². The van der Waals surface area contributed by atoms with Crippen LogP contribution in [0.2, 0.25) is 0 Å². The number of aromatic amines is 2. The number of hydrogen-bond acceptors (Lipinski definition) is 7. The number of carbonyl (C=O) groups is 1. The van der Waals surface area contributed by atoms with Crippen molar-refractivity contribution in [1.82, 2.24) is 35.8 Å². The van der Waals surface area contributed by atoms with Crippen LogP contribution in [0.5, 0.6) is 0 Å². The molecular weight excluding hydrogens is 384 g/mol. The Balaban J connectivity index is 1.57. The molecule has 10 heteroatoms. The molecule has 0 aliphatic rings. The first kappa shape index (κ1) is 19.2. The summed E-state index contributed by atoms with van der Waals surface area (Å²) in [5, 5.41) is 29.7. The Kier molecular flexibility index (Phi) is 5.46. The standard InChI is InChI=1S/C20H20N8O2/c1-2-11-28(20-21-18(19(29)30)22-25-20)12-13-7-9-14(10-8-13)15-5-3-4-6-16(15)17-23-26-27-24-17/h3-10H,2,11-12H2,1H3,(H,29,30)(H,21,22,25)(H,23,24,26,27). The first-order chi connectivity index (χ1) is 14.7. The number of nitrogens with one attached hydrogen (secondary N) is 2. The van der Waals surface area contributed by atoms with E-state index in [1.165, 1.54) is 0 Å². The zero-order chi connectivity index (χ0) is 20.9. The third kappa shape index (κ3) is 4.02. The van der Waals surface area contributed by atoms with Crippen molar-refractivity contribution < 1.29 is 9.90 Å². The van der Waals surface area contributed by atoms with Gasteiger partial charge in [-0.25, -0.2) is 15.0 Å². The number of anilines is 1. The van der Waals surface area contributed by atoms with Crippen molar-refractivity contribution in [3.63, 3.8) is 0 Å². The van der Waals surface area contributed by atoms with Crippen molar-refractivity contribution in [2.45, 2.75) is 19.9 Å². The number of carboxylic acids is 1. The SMILES string of the molecule is CCCN(Cc1ccc(-c2ccccc2-c2nnn[nH]2)cc1)c1nc(C(=O)O)n[nH]1. The maximum atomic E-state index is 11.1. The molecule has 0 amide bonds. The Morgan fingerprint density at radius 1 is 1.07 bits per heavy atom. The summed E-state index contributed by atoms with van der Waals surface area (Å²) in [7, 11) is 0. The van der Waals surface area contributed by atoms with Crippen LogP contribution in [0.4, 0.5) is 5.95 Å². The van der Waals surface area contributed by atoms with Crippen molar-refractivity contribution in [1.29, 1.82) is 0 Å². The largest absolute Gasteiger partial charge is 0.475 e. The van der Waals surface area contributed by atoms with E-state index in [1.807, 2.05) is 53.4 Å². The molecule has 4 aromatic rings. The van der Waals surface area contributed by atoms with Gasteiger partial charge in [0.05, 0.1) is 0 Å². The fourth-order valence-electron chi connectivity index (χ4n) is 3.24. The fourth-order valence-corrected chi connectivity index (χ4v) is 3.24. The monoisotopic (exact) mass is 404 g/mol. The molecule has 152 valence electrons. The van der Waals surface area contributed by atoms with Crippen LogP contribution < -0.4 is 4.90 Å². The molecule has 2 aromatic heterocycles. The highest BCUT2D eigenvalue weighted by atomic mass is 16.4. The molecule has 4 rings (SSSR count). The summed E-state index contributed by atoms with van der Waals surface area (Å²) in [6.07, 6.45) is 0.889. The number of aromatic carboxylic acids is 1. The molecule has 0 saturated heterocycles. The molecule has 0 spiro atoms. The molecule has 3 N–H and O–H groups in total. The Bertz CT molecular complexity index is 1120. The number of nitrogens with zero attached hydrogens (tertiary/aromatic N) is 6. The van der Waals surface area contributed by atoms with Crippen LogP contribution in [-0.2, 0) is 6.54 Å². The molecular formula is C20H20N8O2. The second kappa shape index (κ2) is 8.52. The van der Waals surface area contributed by atoms with E-state index < -0.39 is 5.97 Å². The quantitative estimate of drug-likeness (QED) is 0.408. The maximum Gasteiger partial charge on any atom is 0.375 e. The third-order valence-electron chi connectivity index (χ3n) is 4.62. The number of rotatable bonds is 8. The minimum Gasteiger partial charge on any atom is -0.475 e. The summed E-state index contributed by atoms with van der Waals surface area (Å²) in [6, 6.07) is 16.1. The van der Waals surface area contributed by atoms with E-state index in [0.29, 0.717) is 18.3 Å². The van der Waals surface area contributed by atoms with E-state index in [9.17, 15) is 4.79 Å². The second-order valence-corrected chi connectivity index (χ2v) is 6.70. The van der Waals surface area contributed by atoms with Gasteiger partial charge >= 0.3 is 5.97 Å². The molecule has 2 aromatic carbocycles. The van der Waals surface area contributed by atoms with Gasteiger partial charge in [-0.3, -0.25) is 0 Å². The molecule has 0 atom stereocenters. The lowest BCUT2D eigenvalue weighted by molar-refractivity contribution is 0.0684. The minimum atomic E-state index is -1.15. The van der Waals surface area contributed by atoms with Gasteiger partial charge in [0.25, 0.3) is 5.82 Å². The molecule has 0 fully saturated rings. The number of H-pyrrole nitrogens is 2. The van der Waals surface area contributed by atoms with Crippen LogP contribution in [0, 0.1) is 0 Å². The van der Waals surface area contributed by atoms with Gasteiger partial charge in [0.15, 0.2) is 5.82 Å². The topological polar surface area (TPSA) is 137 Å². The molecule has 10 nitrogen and oxygen atoms in total. The normalized spacial score (nSPS) is 10.8. The lowest BCUT2D eigenvalue weighted by atomic mass is 9.98. The molecule has 0 bridgehead atoms. The van der Waals surface area contributed by atoms with Crippen molar-refractivity contribution in [3.05, 3.63) is 59.9 Å². The van der Waals surface area contributed by atoms with Gasteiger partial charge in [-0.2, -0.15) is 4.98 Å². The van der Waals surface area contributed by atoms with E-state index in [-0.39, 0.29) is 5.82 Å². The fraction of sp³-hybridized carbons (Fsp3) is 0.200. The van der Waals surface area contributed by atoms with Gasteiger partial charge in [-0.1, -0.05) is 55.5 Å². The van der Waals surface area contributed by atoms with Crippen LogP contribution in [0.25, 0.3) is 22.5 Å². The molecule has 0 unspecified atom stereocenters. The van der Waals surface area contributed by atoms with Gasteiger partial charge in [-0.05, 0) is 33.5 Å². The highest BCUT2D eigenvalue weighted by Crippen LogP contribution is 2.30. The first-order valence-corrected chi connectivity index (χ1v) is 9.48. The number of tetrazole rings is 1. The molecule has 0 aliphatic heterocycles. The predicted octanol–water partition coefficient (Wildman–Crippen LogP) is 2.77. The number of benzene rings is 2. The van der Waals surface area contributed by atoms with Gasteiger partial charge in [0, 0.05) is 18.7 Å². The summed E-state index contributed by atoms with van der Waals surface area (Å²) in [6.45, 7) is 3.35. The molecule has 0 radical (unpaired) electrons. The molecule has 30 heavy (non-hydrogen) atoms. The highest BCUT2D eigenvalue weighted by molar-refractivity contribution is 5.83. The Morgan fingerprint density at radius 2 is 1.83 bits per heavy atom. The van der Waals surface area contributed by atoms with E-state index in [2.05, 4.69) is 42.7 Å². The van der Waals surface area contributed by atoms with Crippen LogP contribution in [0.1, 0.15) is 29.5 Å². The number of aromatic nitrogens is 7. The summed E-state index contributed by atoms with van der Waals surface area (Å²) < 4.78 is 0. The highest BCUT2D eigenvalue weighted by Gasteiger charge is 2.16. The second-order valence-electron chi connectivity index (χ2n) is 6.70. The van der Waals surface area contributed by atoms with Gasteiger partial charge < -0.3 is 10.0 Å². The summed E-state index contributed by atoms with van der Waals surface area (Å²) in [4.78, 5) is 17.1. The molecule has 0 aliphatic carbocycles. The van der Waals surface area contributed by atoms with E-state index >= 15 is 0 Å². The van der Waals surface area contributed by atoms with Crippen molar-refractivity contribution in [2.75, 3.05) is 11.4 Å². The van der Waals surface area contributed by atoms with E-state index in [4.69, 9.17) is 5.11 Å². The van der Waals surface area contributed by atoms with Crippen LogP contribution >= 0.6 is 0 Å². The summed E-state index contributed by atoms with van der Waals surface area (Å²) in [5.41, 5.74) is 4.06. The lowest BCUT2D eigenvalue weighted by Gasteiger charge is -2.21. The zero-order valence-electron chi connectivity index (χ0n) is 16.3. The van der Waals surface area contributed by atoms with E-state index in [0.717, 1.165) is 35.2 Å². The predicted molar refractivity (Wildman–Crippen MR) is 110 cm³/mol. The Labute approximate surface area is 172 Å². The third-order valence-corrected chi connectivity index (χ3v) is 4.62. The maximum absolute atomic E-state index is 11.1. The van der Waals surface area contributed by atoms with Crippen LogP contribution in [-0.4, -0.2) is 53.4 Å². The van der Waals surface area contributed by atoms with Crippen molar-refractivity contribution >= 4 is 11.9 Å². The summed E-state index contributed by atoms with van der Waals surface area (Å²) >= 11 is 0. The van der Waals surface area contributed by atoms with Crippen molar-refractivity contribution in [2.24, 2.45) is 0 Å². The van der Waals surface area contributed by atoms with Gasteiger partial charge in [0.2, 0.25) is 5.95 Å². The van der Waals surface area contributed by atoms with Crippen molar-refractivity contribution in [3.8, 4) is 22.5 Å². The molecule has 2 heterocycles. The minimum absolute atomic E-state index is 0.236. The Hall–Kier alpha value is -4.08. The van der Waals surface area contributed by atoms with E-state index in [1.54, 1.807) is 0 Å². The summed E-state index contributed by atoms with van der Waals surface area (Å²) in [5.74, 6) is -0.330. The average Bonchev–Trinajstić information content (AvgIpc) is 3.46. The Morgan fingerprint density at radius 3 is 2.47 bits per heavy atom. The number of hydrogen-bond donors (Lipinski definition) is 3. The average molecular weight is 404 g/mol. The number of carboxylic acid groups (broad SMARTS) is 1. The van der Waals surface area contributed by atoms with Gasteiger partial charge in [-0.15, -0.1) is 10.2 Å². The van der Waals surface area contributed by atoms with Crippen LogP contribution in [0.15, 0.2) is 48.5 Å². The first-order valence-electron chi connectivity index (χ1n) is 9.48. The van der Waals surface area contributed by atoms with Crippen LogP contribution in [0.3, 0.4) is 0 Å². The lowest BCUT2D eigenvalue weighted by Crippen LogP contribution is -2.24.